The number of nitrogens with one attached hydrogen (secondary N) is 1. The van der Waals surface area contributed by atoms with Gasteiger partial charge in [0.05, 0.1) is 40.9 Å². The molecular formula is C16H12Cl2N2O3S. The third-order valence-electron chi connectivity index (χ3n) is 3.56. The molecule has 0 saturated heterocycles. The molecule has 0 unspecified atom stereocenters. The van der Waals surface area contributed by atoms with Gasteiger partial charge in [-0.25, -0.2) is 0 Å². The highest BCUT2D eigenvalue weighted by molar-refractivity contribution is 7.71. The topological polar surface area (TPSA) is 56.2 Å². The van der Waals surface area contributed by atoms with Crippen LogP contribution in [0.4, 0.5) is 0 Å². The van der Waals surface area contributed by atoms with E-state index in [4.69, 9.17) is 44.9 Å². The average molecular weight is 383 g/mol. The normalized spacial score (nSPS) is 10.8. The van der Waals surface area contributed by atoms with E-state index in [0.29, 0.717) is 38.1 Å². The second-order valence-corrected chi connectivity index (χ2v) is 6.12. The van der Waals surface area contributed by atoms with Crippen molar-refractivity contribution in [3.63, 3.8) is 0 Å². The fraction of sp³-hybridized carbons (Fsp3) is 0.125. The first-order valence-corrected chi connectivity index (χ1v) is 7.99. The lowest BCUT2D eigenvalue weighted by Gasteiger charge is -2.12. The maximum atomic E-state index is 12.9. The minimum atomic E-state index is -0.298. The highest BCUT2D eigenvalue weighted by atomic mass is 35.5. The molecule has 0 fully saturated rings. The van der Waals surface area contributed by atoms with Crippen molar-refractivity contribution in [2.75, 3.05) is 14.2 Å². The van der Waals surface area contributed by atoms with Gasteiger partial charge in [-0.3, -0.25) is 9.36 Å². The first kappa shape index (κ1) is 16.8. The number of aromatic nitrogens is 2. The molecule has 0 aliphatic rings. The third-order valence-corrected chi connectivity index (χ3v) is 4.59. The quantitative estimate of drug-likeness (QED) is 0.683. The lowest BCUT2D eigenvalue weighted by Crippen LogP contribution is -2.20. The van der Waals surface area contributed by atoms with Crippen LogP contribution in [0.5, 0.6) is 11.5 Å². The first-order valence-electron chi connectivity index (χ1n) is 6.82. The van der Waals surface area contributed by atoms with E-state index in [1.165, 1.54) is 18.8 Å². The van der Waals surface area contributed by atoms with E-state index in [9.17, 15) is 4.79 Å². The number of rotatable bonds is 3. The molecule has 0 atom stereocenters. The molecule has 1 aromatic heterocycles. The fourth-order valence-electron chi connectivity index (χ4n) is 2.40. The van der Waals surface area contributed by atoms with Crippen LogP contribution in [0.3, 0.4) is 0 Å². The largest absolute Gasteiger partial charge is 0.493 e. The zero-order chi connectivity index (χ0) is 17.4. The van der Waals surface area contributed by atoms with E-state index in [0.717, 1.165) is 0 Å². The predicted octanol–water partition coefficient (Wildman–Crippen LogP) is 4.37. The van der Waals surface area contributed by atoms with Crippen molar-refractivity contribution >= 4 is 46.3 Å². The summed E-state index contributed by atoms with van der Waals surface area (Å²) >= 11 is 17.3. The van der Waals surface area contributed by atoms with Gasteiger partial charge in [-0.05, 0) is 36.5 Å². The van der Waals surface area contributed by atoms with E-state index < -0.39 is 0 Å². The Morgan fingerprint density at radius 3 is 2.33 bits per heavy atom. The van der Waals surface area contributed by atoms with Crippen LogP contribution >= 0.6 is 35.4 Å². The number of nitrogens with zero attached hydrogens (tertiary/aromatic N) is 1. The zero-order valence-electron chi connectivity index (χ0n) is 12.7. The molecule has 0 aliphatic heterocycles. The molecule has 2 aromatic carbocycles. The first-order chi connectivity index (χ1) is 11.5. The smallest absolute Gasteiger partial charge is 0.266 e. The number of aromatic amines is 1. The number of fused-ring (bicyclic) bond motifs is 1. The minimum Gasteiger partial charge on any atom is -0.493 e. The molecule has 0 radical (unpaired) electrons. The van der Waals surface area contributed by atoms with Gasteiger partial charge in [0.25, 0.3) is 5.56 Å². The molecule has 0 amide bonds. The molecule has 0 saturated carbocycles. The van der Waals surface area contributed by atoms with E-state index in [1.54, 1.807) is 30.3 Å². The highest BCUT2D eigenvalue weighted by Gasteiger charge is 2.13. The number of ether oxygens (including phenoxy) is 2. The van der Waals surface area contributed by atoms with Crippen molar-refractivity contribution in [2.45, 2.75) is 0 Å². The SMILES string of the molecule is COc1cc2[nH]c(=S)n(-c3ccc(Cl)c(Cl)c3)c(=O)c2cc1OC. The molecule has 3 rings (SSSR count). The van der Waals surface area contributed by atoms with Gasteiger partial charge >= 0.3 is 0 Å². The van der Waals surface area contributed by atoms with Gasteiger partial charge in [0, 0.05) is 6.07 Å². The van der Waals surface area contributed by atoms with Crippen molar-refractivity contribution in [3.8, 4) is 17.2 Å². The van der Waals surface area contributed by atoms with Crippen LogP contribution in [0.25, 0.3) is 16.6 Å². The van der Waals surface area contributed by atoms with Crippen LogP contribution in [0.2, 0.25) is 10.0 Å². The molecule has 1 N–H and O–H groups in total. The fourth-order valence-corrected chi connectivity index (χ4v) is 2.99. The molecule has 124 valence electrons. The summed E-state index contributed by atoms with van der Waals surface area (Å²) in [6, 6.07) is 8.15. The Balaban J connectivity index is 2.36. The number of benzene rings is 2. The third kappa shape index (κ3) is 2.77. The van der Waals surface area contributed by atoms with Gasteiger partial charge in [-0.2, -0.15) is 0 Å². The van der Waals surface area contributed by atoms with Crippen molar-refractivity contribution in [1.29, 1.82) is 0 Å². The molecular weight excluding hydrogens is 371 g/mol. The molecule has 8 heteroatoms. The van der Waals surface area contributed by atoms with Gasteiger partial charge in [-0.15, -0.1) is 0 Å². The molecule has 0 bridgehead atoms. The van der Waals surface area contributed by atoms with Gasteiger partial charge in [0.15, 0.2) is 16.3 Å². The zero-order valence-corrected chi connectivity index (χ0v) is 15.1. The van der Waals surface area contributed by atoms with E-state index in [2.05, 4.69) is 4.98 Å². The Morgan fingerprint density at radius 1 is 1.04 bits per heavy atom. The molecule has 0 aliphatic carbocycles. The van der Waals surface area contributed by atoms with Crippen molar-refractivity contribution < 1.29 is 9.47 Å². The van der Waals surface area contributed by atoms with Crippen LogP contribution < -0.4 is 15.0 Å². The second kappa shape index (κ2) is 6.47. The highest BCUT2D eigenvalue weighted by Crippen LogP contribution is 2.30. The molecule has 1 heterocycles. The van der Waals surface area contributed by atoms with Gasteiger partial charge in [-0.1, -0.05) is 23.2 Å². The second-order valence-electron chi connectivity index (χ2n) is 4.92. The summed E-state index contributed by atoms with van der Waals surface area (Å²) in [7, 11) is 3.03. The summed E-state index contributed by atoms with van der Waals surface area (Å²) < 4.78 is 12.1. The minimum absolute atomic E-state index is 0.234. The Labute approximate surface area is 152 Å². The Morgan fingerprint density at radius 2 is 1.71 bits per heavy atom. The van der Waals surface area contributed by atoms with E-state index in [1.807, 2.05) is 0 Å². The summed E-state index contributed by atoms with van der Waals surface area (Å²) in [5.74, 6) is 0.954. The van der Waals surface area contributed by atoms with Gasteiger partial charge in [0.1, 0.15) is 0 Å². The number of methoxy groups -OCH3 is 2. The standard InChI is InChI=1S/C16H12Cl2N2O3S/c1-22-13-6-9-12(7-14(13)23-2)19-16(24)20(15(9)21)8-3-4-10(17)11(18)5-8/h3-7H,1-2H3,(H,19,24). The summed E-state index contributed by atoms with van der Waals surface area (Å²) in [6.45, 7) is 0. The average Bonchev–Trinajstić information content (AvgIpc) is 2.57. The summed E-state index contributed by atoms with van der Waals surface area (Å²) in [5, 5.41) is 1.14. The van der Waals surface area contributed by atoms with Crippen molar-refractivity contribution in [2.24, 2.45) is 0 Å². The van der Waals surface area contributed by atoms with Crippen molar-refractivity contribution in [3.05, 3.63) is 55.5 Å². The molecule has 3 aromatic rings. The van der Waals surface area contributed by atoms with Crippen molar-refractivity contribution in [1.82, 2.24) is 9.55 Å². The summed E-state index contributed by atoms with van der Waals surface area (Å²) in [5.41, 5.74) is 0.777. The van der Waals surface area contributed by atoms with Crippen LogP contribution in [0.1, 0.15) is 0 Å². The Kier molecular flexibility index (Phi) is 4.54. The van der Waals surface area contributed by atoms with Crippen LogP contribution in [-0.4, -0.2) is 23.8 Å². The Bertz CT molecular complexity index is 1060. The van der Waals surface area contributed by atoms with Crippen LogP contribution in [-0.2, 0) is 0 Å². The Hall–Kier alpha value is -2.02. The monoisotopic (exact) mass is 382 g/mol. The van der Waals surface area contributed by atoms with E-state index in [-0.39, 0.29) is 10.3 Å². The lowest BCUT2D eigenvalue weighted by atomic mass is 10.2. The lowest BCUT2D eigenvalue weighted by molar-refractivity contribution is 0.355. The maximum Gasteiger partial charge on any atom is 0.266 e. The molecule has 0 spiro atoms. The molecule has 24 heavy (non-hydrogen) atoms. The van der Waals surface area contributed by atoms with Gasteiger partial charge in [0.2, 0.25) is 0 Å². The summed E-state index contributed by atoms with van der Waals surface area (Å²) in [6.07, 6.45) is 0. The number of H-pyrrole nitrogens is 1. The predicted molar refractivity (Wildman–Crippen MR) is 97.9 cm³/mol. The number of hydrogen-bond acceptors (Lipinski definition) is 4. The van der Waals surface area contributed by atoms with Gasteiger partial charge < -0.3 is 14.5 Å². The van der Waals surface area contributed by atoms with E-state index >= 15 is 0 Å². The van der Waals surface area contributed by atoms with Crippen LogP contribution in [0.15, 0.2) is 35.1 Å². The summed E-state index contributed by atoms with van der Waals surface area (Å²) in [4.78, 5) is 15.9. The molecule has 5 nitrogen and oxygen atoms in total. The van der Waals surface area contributed by atoms with Crippen LogP contribution in [0, 0.1) is 4.77 Å². The number of halogens is 2. The number of hydrogen-bond donors (Lipinski definition) is 1. The maximum absolute atomic E-state index is 12.9.